The third kappa shape index (κ3) is 5.38. The Morgan fingerprint density at radius 2 is 2.12 bits per heavy atom. The van der Waals surface area contributed by atoms with E-state index in [1.807, 2.05) is 0 Å². The van der Waals surface area contributed by atoms with Crippen LogP contribution in [0.1, 0.15) is 0 Å². The van der Waals surface area contributed by atoms with E-state index in [0.29, 0.717) is 0 Å². The molecule has 0 heterocycles. The summed E-state index contributed by atoms with van der Waals surface area (Å²) in [4.78, 5) is 14.5. The van der Waals surface area contributed by atoms with Crippen LogP contribution in [0.15, 0.2) is 0 Å². The topological polar surface area (TPSA) is 72.5 Å². The van der Waals surface area contributed by atoms with E-state index in [9.17, 15) is 13.2 Å². The molecule has 1 N–H and O–H groups in total. The molecule has 48 valence electrons. The van der Waals surface area contributed by atoms with Gasteiger partial charge in [-0.1, -0.05) is 0 Å². The molecule has 0 aliphatic carbocycles. The van der Waals surface area contributed by atoms with E-state index < -0.39 is 10.0 Å². The van der Waals surface area contributed by atoms with Crippen molar-refractivity contribution in [2.45, 2.75) is 0 Å². The summed E-state index contributed by atoms with van der Waals surface area (Å²) in [5, 5.41) is 0. The molecule has 0 saturated carbocycles. The summed E-state index contributed by atoms with van der Waals surface area (Å²) in [6.07, 6.45) is 0.872. The lowest BCUT2D eigenvalue weighted by atomic mass is 11.6. The van der Waals surface area contributed by atoms with E-state index in [1.165, 1.54) is 4.89 Å². The van der Waals surface area contributed by atoms with Gasteiger partial charge in [-0.25, -0.2) is 8.42 Å². The lowest BCUT2D eigenvalue weighted by molar-refractivity contribution is -0.131. The van der Waals surface area contributed by atoms with Crippen molar-refractivity contribution >= 4 is 16.5 Å². The van der Waals surface area contributed by atoms with E-state index in [0.717, 1.165) is 6.26 Å². The molecule has 8 heavy (non-hydrogen) atoms. The fourth-order valence-corrected chi connectivity index (χ4v) is 0.321. The summed E-state index contributed by atoms with van der Waals surface area (Å²) in [6.45, 7) is -0.0128. The molecule has 0 aromatic heterocycles. The molecule has 0 aromatic carbocycles. The summed E-state index contributed by atoms with van der Waals surface area (Å²) >= 11 is 0. The lowest BCUT2D eigenvalue weighted by Gasteiger charge is -1.92. The fourth-order valence-electron chi connectivity index (χ4n) is 0.107. The van der Waals surface area contributed by atoms with Gasteiger partial charge in [0.15, 0.2) is 0 Å². The molecule has 0 saturated heterocycles. The average molecular weight is 139 g/mol. The first-order chi connectivity index (χ1) is 3.56. The summed E-state index contributed by atoms with van der Waals surface area (Å²) in [5.41, 5.74) is 0. The number of nitrogens with one attached hydrogen (secondary N) is 1. The second-order valence-corrected chi connectivity index (χ2v) is 2.78. The highest BCUT2D eigenvalue weighted by Gasteiger charge is 1.96. The van der Waals surface area contributed by atoms with Crippen molar-refractivity contribution in [2.75, 3.05) is 6.26 Å². The zero-order valence-electron chi connectivity index (χ0n) is 4.12. The van der Waals surface area contributed by atoms with Crippen LogP contribution in [0.3, 0.4) is 0 Å². The SMILES string of the molecule is CS(=O)(=O)NOC=O. The second-order valence-electron chi connectivity index (χ2n) is 1.07. The van der Waals surface area contributed by atoms with Crippen molar-refractivity contribution < 1.29 is 18.0 Å². The van der Waals surface area contributed by atoms with Crippen molar-refractivity contribution in [1.82, 2.24) is 4.89 Å². The van der Waals surface area contributed by atoms with Gasteiger partial charge >= 0.3 is 6.47 Å². The monoisotopic (exact) mass is 139 g/mol. The normalized spacial score (nSPS) is 10.6. The lowest BCUT2D eigenvalue weighted by Crippen LogP contribution is -2.21. The number of sulfonamides is 1. The Morgan fingerprint density at radius 3 is 2.25 bits per heavy atom. The predicted molar refractivity (Wildman–Crippen MR) is 25.1 cm³/mol. The van der Waals surface area contributed by atoms with Gasteiger partial charge in [-0.2, -0.15) is 0 Å². The van der Waals surface area contributed by atoms with Crippen LogP contribution in [0.2, 0.25) is 0 Å². The molecule has 0 fully saturated rings. The van der Waals surface area contributed by atoms with E-state index in [-0.39, 0.29) is 6.47 Å². The third-order valence-electron chi connectivity index (χ3n) is 0.248. The highest BCUT2D eigenvalue weighted by molar-refractivity contribution is 7.88. The van der Waals surface area contributed by atoms with Crippen LogP contribution in [-0.2, 0) is 19.7 Å². The highest BCUT2D eigenvalue weighted by Crippen LogP contribution is 1.68. The molecular weight excluding hydrogens is 134 g/mol. The summed E-state index contributed by atoms with van der Waals surface area (Å²) in [6, 6.07) is 0. The van der Waals surface area contributed by atoms with Gasteiger partial charge in [-0.05, 0) is 4.89 Å². The highest BCUT2D eigenvalue weighted by atomic mass is 32.2. The van der Waals surface area contributed by atoms with Crippen LogP contribution in [0.25, 0.3) is 0 Å². The Bertz CT molecular complexity index is 159. The van der Waals surface area contributed by atoms with Gasteiger partial charge in [0.25, 0.3) is 0 Å². The number of carbonyl (C=O) groups excluding carboxylic acids is 1. The van der Waals surface area contributed by atoms with Gasteiger partial charge in [-0.3, -0.25) is 4.79 Å². The van der Waals surface area contributed by atoms with Crippen LogP contribution < -0.4 is 4.89 Å². The molecule has 0 unspecified atom stereocenters. The Hall–Kier alpha value is -0.620. The standard InChI is InChI=1S/C2H5NO4S/c1-8(5,6)3-7-2-4/h2-3H,1H3. The maximum Gasteiger partial charge on any atom is 0.314 e. The number of hydrogen-bond acceptors (Lipinski definition) is 4. The van der Waals surface area contributed by atoms with Crippen LogP contribution in [0.4, 0.5) is 0 Å². The fraction of sp³-hybridized carbons (Fsp3) is 0.500. The second kappa shape index (κ2) is 2.63. The van der Waals surface area contributed by atoms with E-state index in [4.69, 9.17) is 0 Å². The molecule has 0 aliphatic rings. The van der Waals surface area contributed by atoms with Crippen LogP contribution >= 0.6 is 0 Å². The van der Waals surface area contributed by atoms with Crippen molar-refractivity contribution in [1.29, 1.82) is 0 Å². The average Bonchev–Trinajstić information content (AvgIpc) is 1.59. The van der Waals surface area contributed by atoms with Crippen molar-refractivity contribution in [3.63, 3.8) is 0 Å². The van der Waals surface area contributed by atoms with Crippen molar-refractivity contribution in [2.24, 2.45) is 0 Å². The summed E-state index contributed by atoms with van der Waals surface area (Å²) in [7, 11) is -3.39. The minimum absolute atomic E-state index is 0.0128. The molecule has 0 amide bonds. The molecule has 0 aliphatic heterocycles. The third-order valence-corrected chi connectivity index (χ3v) is 0.647. The molecule has 6 heteroatoms. The Morgan fingerprint density at radius 1 is 1.62 bits per heavy atom. The molecule has 0 rings (SSSR count). The minimum atomic E-state index is -3.39. The quantitative estimate of drug-likeness (QED) is 0.386. The van der Waals surface area contributed by atoms with Crippen LogP contribution in [-0.4, -0.2) is 21.1 Å². The first-order valence-corrected chi connectivity index (χ1v) is 3.51. The zero-order chi connectivity index (χ0) is 6.62. The molecule has 0 atom stereocenters. The van der Waals surface area contributed by atoms with Gasteiger partial charge in [0, 0.05) is 0 Å². The molecule has 0 bridgehead atoms. The van der Waals surface area contributed by atoms with Crippen molar-refractivity contribution in [3.8, 4) is 0 Å². The maximum atomic E-state index is 10.00. The summed E-state index contributed by atoms with van der Waals surface area (Å²) in [5.74, 6) is 0. The van der Waals surface area contributed by atoms with Gasteiger partial charge in [0.2, 0.25) is 10.0 Å². The van der Waals surface area contributed by atoms with Gasteiger partial charge in [0.1, 0.15) is 0 Å². The predicted octanol–water partition coefficient (Wildman–Crippen LogP) is -1.38. The minimum Gasteiger partial charge on any atom is -0.359 e. The molecule has 0 radical (unpaired) electrons. The smallest absolute Gasteiger partial charge is 0.314 e. The van der Waals surface area contributed by atoms with E-state index in [2.05, 4.69) is 4.84 Å². The van der Waals surface area contributed by atoms with Crippen LogP contribution in [0, 0.1) is 0 Å². The Balaban J connectivity index is 3.57. The first-order valence-electron chi connectivity index (χ1n) is 1.62. The molecular formula is C2H5NO4S. The number of rotatable bonds is 3. The Kier molecular flexibility index (Phi) is 2.43. The van der Waals surface area contributed by atoms with Crippen molar-refractivity contribution in [3.05, 3.63) is 0 Å². The molecule has 0 aromatic rings. The number of hydrogen-bond donors (Lipinski definition) is 1. The summed E-state index contributed by atoms with van der Waals surface area (Å²) < 4.78 is 20.0. The zero-order valence-corrected chi connectivity index (χ0v) is 4.94. The van der Waals surface area contributed by atoms with E-state index in [1.54, 1.807) is 0 Å². The molecule has 5 nitrogen and oxygen atoms in total. The molecule has 0 spiro atoms. The van der Waals surface area contributed by atoms with Gasteiger partial charge < -0.3 is 4.84 Å². The largest absolute Gasteiger partial charge is 0.359 e. The van der Waals surface area contributed by atoms with Gasteiger partial charge in [-0.15, -0.1) is 0 Å². The van der Waals surface area contributed by atoms with Gasteiger partial charge in [0.05, 0.1) is 6.26 Å². The Labute approximate surface area is 46.6 Å². The van der Waals surface area contributed by atoms with E-state index >= 15 is 0 Å². The first kappa shape index (κ1) is 7.38. The van der Waals surface area contributed by atoms with Crippen LogP contribution in [0.5, 0.6) is 0 Å². The number of carbonyl (C=O) groups is 1. The maximum absolute atomic E-state index is 10.00.